The van der Waals surface area contributed by atoms with Crippen LogP contribution in [-0.4, -0.2) is 21.5 Å². The molecule has 0 aliphatic carbocycles. The zero-order valence-electron chi connectivity index (χ0n) is 5.25. The minimum atomic E-state index is 0.806. The molecule has 0 amide bonds. The molecule has 0 saturated heterocycles. The maximum Gasteiger partial charge on any atom is 0.125 e. The lowest BCUT2D eigenvalue weighted by Gasteiger charge is -1.70. The molecule has 0 bridgehead atoms. The fourth-order valence-corrected chi connectivity index (χ4v) is 0.253. The van der Waals surface area contributed by atoms with Gasteiger partial charge in [-0.25, -0.2) is 9.97 Å². The summed E-state index contributed by atoms with van der Waals surface area (Å²) >= 11 is 0. The summed E-state index contributed by atoms with van der Waals surface area (Å²) in [4.78, 5) is 7.35. The van der Waals surface area contributed by atoms with Crippen molar-refractivity contribution < 1.29 is 5.21 Å². The number of oxime groups is 1. The van der Waals surface area contributed by atoms with Crippen molar-refractivity contribution in [3.63, 3.8) is 0 Å². The summed E-state index contributed by atoms with van der Waals surface area (Å²) in [6, 6.07) is 1.78. The molecule has 0 aromatic carbocycles. The smallest absolute Gasteiger partial charge is 0.125 e. The maximum atomic E-state index is 7.32. The van der Waals surface area contributed by atoms with E-state index in [1.54, 1.807) is 18.5 Å². The molecule has 0 aliphatic rings. The molecule has 0 atom stereocenters. The van der Waals surface area contributed by atoms with E-state index in [4.69, 9.17) is 5.21 Å². The number of rotatable bonds is 0. The molecule has 0 aliphatic heterocycles. The lowest BCUT2D eigenvalue weighted by atomic mass is 10.7. The second-order valence-corrected chi connectivity index (χ2v) is 1.17. The lowest BCUT2D eigenvalue weighted by molar-refractivity contribution is 0.321. The van der Waals surface area contributed by atoms with Crippen LogP contribution in [0.15, 0.2) is 29.9 Å². The normalized spacial score (nSPS) is 8.40. The SMILES string of the molecule is NC=NO.c1cncnc1. The van der Waals surface area contributed by atoms with Crippen molar-refractivity contribution in [2.75, 3.05) is 0 Å². The van der Waals surface area contributed by atoms with E-state index in [0.29, 0.717) is 0 Å². The monoisotopic (exact) mass is 140 g/mol. The molecule has 0 saturated carbocycles. The number of hydrogen-bond acceptors (Lipinski definition) is 4. The minimum absolute atomic E-state index is 0.806. The first-order chi connectivity index (χ1) is 4.91. The van der Waals surface area contributed by atoms with Gasteiger partial charge in [0.2, 0.25) is 0 Å². The third-order valence-corrected chi connectivity index (χ3v) is 0.544. The van der Waals surface area contributed by atoms with Crippen LogP contribution in [0, 0.1) is 0 Å². The van der Waals surface area contributed by atoms with Crippen LogP contribution in [0.25, 0.3) is 0 Å². The largest absolute Gasteiger partial charge is 0.410 e. The number of hydrogen-bond donors (Lipinski definition) is 2. The van der Waals surface area contributed by atoms with Gasteiger partial charge in [-0.2, -0.15) is 0 Å². The van der Waals surface area contributed by atoms with Gasteiger partial charge in [-0.15, -0.1) is 0 Å². The molecule has 1 heterocycles. The second-order valence-electron chi connectivity index (χ2n) is 1.17. The summed E-state index contributed by atoms with van der Waals surface area (Å²) < 4.78 is 0. The summed E-state index contributed by atoms with van der Waals surface area (Å²) in [6.45, 7) is 0. The first-order valence-corrected chi connectivity index (χ1v) is 2.49. The van der Waals surface area contributed by atoms with Crippen molar-refractivity contribution in [1.82, 2.24) is 9.97 Å². The zero-order valence-corrected chi connectivity index (χ0v) is 5.25. The van der Waals surface area contributed by atoms with E-state index in [-0.39, 0.29) is 0 Å². The van der Waals surface area contributed by atoms with Crippen molar-refractivity contribution in [3.05, 3.63) is 24.8 Å². The molecule has 3 N–H and O–H groups in total. The van der Waals surface area contributed by atoms with Crippen LogP contribution in [0.2, 0.25) is 0 Å². The first-order valence-electron chi connectivity index (χ1n) is 2.49. The van der Waals surface area contributed by atoms with Gasteiger partial charge in [-0.3, -0.25) is 0 Å². The third kappa shape index (κ3) is 6.35. The Balaban J connectivity index is 0.000000180. The summed E-state index contributed by atoms with van der Waals surface area (Å²) in [6.07, 6.45) is 5.68. The summed E-state index contributed by atoms with van der Waals surface area (Å²) in [5.41, 5.74) is 4.49. The molecule has 10 heavy (non-hydrogen) atoms. The molecule has 0 radical (unpaired) electrons. The first kappa shape index (κ1) is 8.35. The third-order valence-electron chi connectivity index (χ3n) is 0.544. The second kappa shape index (κ2) is 7.35. The number of nitrogens with two attached hydrogens (primary N) is 1. The van der Waals surface area contributed by atoms with E-state index < -0.39 is 0 Å². The Bertz CT molecular complexity index is 134. The highest BCUT2D eigenvalue weighted by Crippen LogP contribution is 1.66. The molecule has 0 fully saturated rings. The van der Waals surface area contributed by atoms with Crippen LogP contribution in [0.4, 0.5) is 0 Å². The molecular weight excluding hydrogens is 132 g/mol. The van der Waals surface area contributed by atoms with Gasteiger partial charge in [0.05, 0.1) is 0 Å². The average Bonchev–Trinajstić information content (AvgIpc) is 2.08. The minimum Gasteiger partial charge on any atom is -0.410 e. The predicted octanol–water partition coefficient (Wildman–Crippen LogP) is -0.161. The van der Waals surface area contributed by atoms with Crippen molar-refractivity contribution in [1.29, 1.82) is 0 Å². The maximum absolute atomic E-state index is 7.32. The van der Waals surface area contributed by atoms with Crippen LogP contribution in [0.3, 0.4) is 0 Å². The Morgan fingerprint density at radius 3 is 2.00 bits per heavy atom. The molecule has 0 unspecified atom stereocenters. The molecule has 1 aromatic rings. The molecule has 5 heteroatoms. The van der Waals surface area contributed by atoms with E-state index in [1.807, 2.05) is 0 Å². The standard InChI is InChI=1S/C4H4N2.CH4N2O/c1-2-5-4-6-3-1;2-1-3-4/h1-4H;1,4H,(H2,2,3). The number of aromatic nitrogens is 2. The Morgan fingerprint density at radius 2 is 1.90 bits per heavy atom. The molecule has 1 aromatic heterocycles. The van der Waals surface area contributed by atoms with E-state index >= 15 is 0 Å². The zero-order chi connectivity index (χ0) is 7.66. The quantitative estimate of drug-likeness (QED) is 0.227. The highest BCUT2D eigenvalue weighted by molar-refractivity contribution is 5.49. The van der Waals surface area contributed by atoms with Gasteiger partial charge >= 0.3 is 0 Å². The van der Waals surface area contributed by atoms with Crippen molar-refractivity contribution >= 4 is 6.34 Å². The van der Waals surface area contributed by atoms with Gasteiger partial charge in [-0.05, 0) is 6.07 Å². The van der Waals surface area contributed by atoms with Crippen molar-refractivity contribution in [2.45, 2.75) is 0 Å². The van der Waals surface area contributed by atoms with Gasteiger partial charge in [0.25, 0.3) is 0 Å². The topological polar surface area (TPSA) is 84.4 Å². The van der Waals surface area contributed by atoms with Crippen LogP contribution >= 0.6 is 0 Å². The van der Waals surface area contributed by atoms with Gasteiger partial charge in [0, 0.05) is 12.4 Å². The average molecular weight is 140 g/mol. The number of nitrogens with zero attached hydrogens (tertiary/aromatic N) is 3. The van der Waals surface area contributed by atoms with Crippen molar-refractivity contribution in [3.8, 4) is 0 Å². The van der Waals surface area contributed by atoms with Crippen LogP contribution in [-0.2, 0) is 0 Å². The van der Waals surface area contributed by atoms with E-state index in [0.717, 1.165) is 6.34 Å². The van der Waals surface area contributed by atoms with Gasteiger partial charge < -0.3 is 10.9 Å². The van der Waals surface area contributed by atoms with Crippen LogP contribution < -0.4 is 5.73 Å². The Hall–Kier alpha value is -1.65. The summed E-state index contributed by atoms with van der Waals surface area (Å²) in [5.74, 6) is 0. The molecule has 5 nitrogen and oxygen atoms in total. The molecule has 1 rings (SSSR count). The fraction of sp³-hybridized carbons (Fsp3) is 0. The van der Waals surface area contributed by atoms with Gasteiger partial charge in [0.1, 0.15) is 12.7 Å². The Labute approximate surface area is 58.2 Å². The highest BCUT2D eigenvalue weighted by Gasteiger charge is 1.59. The molecule has 54 valence electrons. The molecule has 0 spiro atoms. The Kier molecular flexibility index (Phi) is 6.14. The predicted molar refractivity (Wildman–Crippen MR) is 36.5 cm³/mol. The highest BCUT2D eigenvalue weighted by atomic mass is 16.4. The summed E-state index contributed by atoms with van der Waals surface area (Å²) in [5, 5.41) is 9.71. The van der Waals surface area contributed by atoms with E-state index in [1.165, 1.54) is 6.33 Å². The summed E-state index contributed by atoms with van der Waals surface area (Å²) in [7, 11) is 0. The van der Waals surface area contributed by atoms with Gasteiger partial charge in [0.15, 0.2) is 0 Å². The van der Waals surface area contributed by atoms with Crippen LogP contribution in [0.5, 0.6) is 0 Å². The van der Waals surface area contributed by atoms with Crippen LogP contribution in [0.1, 0.15) is 0 Å². The fourth-order valence-electron chi connectivity index (χ4n) is 0.253. The Morgan fingerprint density at radius 1 is 1.40 bits per heavy atom. The van der Waals surface area contributed by atoms with Gasteiger partial charge in [-0.1, -0.05) is 5.16 Å². The van der Waals surface area contributed by atoms with Crippen molar-refractivity contribution in [2.24, 2.45) is 10.9 Å². The molecular formula is C5H8N4O. The lowest BCUT2D eigenvalue weighted by Crippen LogP contribution is -1.85. The van der Waals surface area contributed by atoms with E-state index in [9.17, 15) is 0 Å². The van der Waals surface area contributed by atoms with E-state index in [2.05, 4.69) is 20.9 Å².